The maximum absolute atomic E-state index is 13.6. The second-order valence-electron chi connectivity index (χ2n) is 7.86. The third kappa shape index (κ3) is 3.73. The van der Waals surface area contributed by atoms with Crippen molar-refractivity contribution in [3.05, 3.63) is 34.9 Å². The molecule has 0 spiro atoms. The summed E-state index contributed by atoms with van der Waals surface area (Å²) in [6.45, 7) is 9.38. The molecule has 1 aliphatic carbocycles. The van der Waals surface area contributed by atoms with E-state index in [1.165, 1.54) is 0 Å². The number of esters is 1. The van der Waals surface area contributed by atoms with Crippen molar-refractivity contribution in [2.24, 2.45) is 5.41 Å². The third-order valence-corrected chi connectivity index (χ3v) is 7.69. The summed E-state index contributed by atoms with van der Waals surface area (Å²) < 4.78 is 29.2. The van der Waals surface area contributed by atoms with Crippen LogP contribution in [0.3, 0.4) is 0 Å². The van der Waals surface area contributed by atoms with Crippen molar-refractivity contribution >= 4 is 19.3 Å². The monoisotopic (exact) mass is 430 g/mol. The number of carbonyl (C=O) groups excluding carboxylic acids is 2. The van der Waals surface area contributed by atoms with Gasteiger partial charge in [0.15, 0.2) is 11.4 Å². The fourth-order valence-electron chi connectivity index (χ4n) is 3.84. The van der Waals surface area contributed by atoms with Gasteiger partial charge in [0.05, 0.1) is 6.61 Å². The van der Waals surface area contributed by atoms with E-state index in [-0.39, 0.29) is 6.42 Å². The summed E-state index contributed by atoms with van der Waals surface area (Å²) in [6, 6.07) is 0. The lowest BCUT2D eigenvalue weighted by atomic mass is 9.71. The van der Waals surface area contributed by atoms with Crippen LogP contribution >= 0.6 is 7.60 Å². The van der Waals surface area contributed by atoms with Gasteiger partial charge >= 0.3 is 13.6 Å². The molecule has 2 aliphatic rings. The third-order valence-electron chi connectivity index (χ3n) is 5.48. The molecule has 0 amide bonds. The molecule has 3 N–H and O–H groups in total. The van der Waals surface area contributed by atoms with Crippen LogP contribution in [0.4, 0.5) is 0 Å². The molecule has 1 heterocycles. The van der Waals surface area contributed by atoms with Crippen LogP contribution in [0.2, 0.25) is 0 Å². The number of hydrogen-bond donors (Lipinski definition) is 3. The maximum atomic E-state index is 13.6. The molecule has 0 fully saturated rings. The Bertz CT molecular complexity index is 854. The van der Waals surface area contributed by atoms with Crippen molar-refractivity contribution in [3.63, 3.8) is 0 Å². The van der Waals surface area contributed by atoms with Gasteiger partial charge in [-0.1, -0.05) is 26.5 Å². The summed E-state index contributed by atoms with van der Waals surface area (Å²) >= 11 is 0. The van der Waals surface area contributed by atoms with E-state index in [0.717, 1.165) is 19.6 Å². The number of cyclic esters (lactones) is 1. The van der Waals surface area contributed by atoms with E-state index in [9.17, 15) is 29.5 Å². The number of ketones is 1. The Labute approximate surface area is 169 Å². The smallest absolute Gasteiger partial charge is 0.375 e. The van der Waals surface area contributed by atoms with Gasteiger partial charge in [-0.25, -0.2) is 4.79 Å². The molecule has 0 bridgehead atoms. The van der Waals surface area contributed by atoms with Gasteiger partial charge in [-0.3, -0.25) is 13.9 Å². The molecule has 2 unspecified atom stereocenters. The van der Waals surface area contributed by atoms with Gasteiger partial charge < -0.3 is 24.6 Å². The zero-order valence-corrected chi connectivity index (χ0v) is 18.0. The van der Waals surface area contributed by atoms with E-state index in [1.807, 2.05) is 13.8 Å². The number of allylic oxidation sites excluding steroid dienone is 2. The van der Waals surface area contributed by atoms with E-state index in [4.69, 9.17) is 13.8 Å². The second-order valence-corrected chi connectivity index (χ2v) is 9.88. The molecule has 1 aliphatic heterocycles. The number of aliphatic hydroxyl groups excluding tert-OH is 3. The second kappa shape index (κ2) is 7.81. The molecule has 0 saturated heterocycles. The Kier molecular flexibility index (Phi) is 6.33. The molecule has 9 nitrogen and oxygen atoms in total. The van der Waals surface area contributed by atoms with Crippen molar-refractivity contribution in [3.8, 4) is 0 Å². The van der Waals surface area contributed by atoms with Crippen molar-refractivity contribution < 1.29 is 43.3 Å². The molecule has 0 aromatic rings. The summed E-state index contributed by atoms with van der Waals surface area (Å²) in [5, 5.41) is 29.0. The van der Waals surface area contributed by atoms with Gasteiger partial charge in [-0.15, -0.1) is 0 Å². The zero-order valence-electron chi connectivity index (χ0n) is 17.1. The predicted octanol–water partition coefficient (Wildman–Crippen LogP) is 2.15. The van der Waals surface area contributed by atoms with E-state index >= 15 is 0 Å². The Balaban J connectivity index is 2.54. The minimum absolute atomic E-state index is 0.139. The SMILES string of the molecule is C=CC1=C(C)C(=O)C(OP(=O)(OC)C2=C(O)C(=O)O[C@]2(C)[C@@H](O)CO)CC1(C)C. The summed E-state index contributed by atoms with van der Waals surface area (Å²) in [5.41, 5.74) is -1.48. The largest absolute Gasteiger partial charge is 0.501 e. The number of carbonyl (C=O) groups is 2. The summed E-state index contributed by atoms with van der Waals surface area (Å²) in [4.78, 5) is 24.8. The highest BCUT2D eigenvalue weighted by atomic mass is 31.2. The highest BCUT2D eigenvalue weighted by Crippen LogP contribution is 2.65. The average molecular weight is 430 g/mol. The molecule has 29 heavy (non-hydrogen) atoms. The molecule has 0 radical (unpaired) electrons. The summed E-state index contributed by atoms with van der Waals surface area (Å²) in [6.07, 6.45) is -1.19. The van der Waals surface area contributed by atoms with Crippen molar-refractivity contribution in [2.75, 3.05) is 13.7 Å². The van der Waals surface area contributed by atoms with Crippen molar-refractivity contribution in [2.45, 2.75) is 51.9 Å². The standard InChI is InChI=1S/C19H27O9P/c1-7-11-10(2)14(22)12(8-18(11,3)4)28-29(25,26-6)16-15(23)17(24)27-19(16,5)13(21)9-20/h7,12-13,20-21,23H,1,8-9H2,2-6H3/t12?,13-,19+,29?/m0/s1. The van der Waals surface area contributed by atoms with Gasteiger partial charge in [0, 0.05) is 7.11 Å². The van der Waals surface area contributed by atoms with Crippen LogP contribution in [0.1, 0.15) is 34.1 Å². The van der Waals surface area contributed by atoms with E-state index in [1.54, 1.807) is 13.0 Å². The number of rotatable bonds is 7. The number of hydrogen-bond acceptors (Lipinski definition) is 9. The first kappa shape index (κ1) is 23.5. The van der Waals surface area contributed by atoms with Crippen LogP contribution in [0, 0.1) is 5.41 Å². The molecule has 4 atom stereocenters. The number of aliphatic hydroxyl groups is 3. The van der Waals surface area contributed by atoms with Gasteiger partial charge in [-0.05, 0) is 36.8 Å². The highest BCUT2D eigenvalue weighted by molar-refractivity contribution is 7.58. The lowest BCUT2D eigenvalue weighted by Gasteiger charge is -2.38. The lowest BCUT2D eigenvalue weighted by molar-refractivity contribution is -0.157. The Hall–Kier alpha value is -1.77. The molecule has 0 saturated carbocycles. The first-order valence-corrected chi connectivity index (χ1v) is 10.5. The molecule has 162 valence electrons. The van der Waals surface area contributed by atoms with Gasteiger partial charge in [-0.2, -0.15) is 0 Å². The number of Topliss-reactive ketones (excluding diaryl/α,β-unsaturated/α-hetero) is 1. The zero-order chi connectivity index (χ0) is 22.4. The topological polar surface area (TPSA) is 140 Å². The predicted molar refractivity (Wildman–Crippen MR) is 103 cm³/mol. The van der Waals surface area contributed by atoms with Gasteiger partial charge in [0.2, 0.25) is 5.76 Å². The first-order valence-electron chi connectivity index (χ1n) is 8.97. The van der Waals surface area contributed by atoms with Crippen molar-refractivity contribution in [1.82, 2.24) is 0 Å². The van der Waals surface area contributed by atoms with Gasteiger partial charge in [0.1, 0.15) is 17.5 Å². The Morgan fingerprint density at radius 1 is 1.38 bits per heavy atom. The van der Waals surface area contributed by atoms with Gasteiger partial charge in [0.25, 0.3) is 0 Å². The fraction of sp³-hybridized carbons (Fsp3) is 0.579. The average Bonchev–Trinajstić information content (AvgIpc) is 2.88. The quantitative estimate of drug-likeness (QED) is 0.409. The summed E-state index contributed by atoms with van der Waals surface area (Å²) in [7, 11) is -3.48. The molecule has 10 heteroatoms. The lowest BCUT2D eigenvalue weighted by Crippen LogP contribution is -2.45. The molecular formula is C19H27O9P. The molecule has 0 aromatic carbocycles. The summed E-state index contributed by atoms with van der Waals surface area (Å²) in [5.74, 6) is -2.74. The molecule has 0 aromatic heterocycles. The van der Waals surface area contributed by atoms with Crippen LogP contribution in [0.25, 0.3) is 0 Å². The molecular weight excluding hydrogens is 403 g/mol. The van der Waals surface area contributed by atoms with Crippen molar-refractivity contribution in [1.29, 1.82) is 0 Å². The normalized spacial score (nSPS) is 30.2. The minimum Gasteiger partial charge on any atom is -0.501 e. The van der Waals surface area contributed by atoms with Crippen LogP contribution in [-0.4, -0.2) is 58.6 Å². The fourth-order valence-corrected chi connectivity index (χ4v) is 5.81. The first-order chi connectivity index (χ1) is 13.3. The Morgan fingerprint density at radius 2 is 1.97 bits per heavy atom. The van der Waals surface area contributed by atoms with Crippen LogP contribution in [0.5, 0.6) is 0 Å². The number of ether oxygens (including phenoxy) is 1. The van der Waals surface area contributed by atoms with Crippen LogP contribution in [-0.2, 0) is 27.9 Å². The van der Waals surface area contributed by atoms with E-state index in [2.05, 4.69) is 6.58 Å². The Morgan fingerprint density at radius 3 is 2.45 bits per heavy atom. The van der Waals surface area contributed by atoms with Crippen LogP contribution < -0.4 is 0 Å². The maximum Gasteiger partial charge on any atom is 0.375 e. The molecule has 2 rings (SSSR count). The van der Waals surface area contributed by atoms with Crippen LogP contribution in [0.15, 0.2) is 34.9 Å². The highest BCUT2D eigenvalue weighted by Gasteiger charge is 2.59. The van der Waals surface area contributed by atoms with E-state index < -0.39 is 60.3 Å². The minimum atomic E-state index is -4.50. The van der Waals surface area contributed by atoms with E-state index in [0.29, 0.717) is 5.57 Å².